The first-order valence-corrected chi connectivity index (χ1v) is 15.1. The molecule has 0 bridgehead atoms. The van der Waals surface area contributed by atoms with Gasteiger partial charge in [0, 0.05) is 49.0 Å². The molecule has 8 nitrogen and oxygen atoms in total. The van der Waals surface area contributed by atoms with Crippen molar-refractivity contribution in [1.29, 1.82) is 0 Å². The number of nitrogens with one attached hydrogen (secondary N) is 1. The number of benzene rings is 2. The number of anilines is 3. The van der Waals surface area contributed by atoms with Crippen molar-refractivity contribution in [3.05, 3.63) is 64.4 Å². The molecule has 0 aliphatic carbocycles. The molecule has 0 radical (unpaired) electrons. The Kier molecular flexibility index (Phi) is 7.32. The number of thiazole rings is 1. The van der Waals surface area contributed by atoms with E-state index in [1.54, 1.807) is 36.4 Å². The van der Waals surface area contributed by atoms with Gasteiger partial charge in [0.2, 0.25) is 5.91 Å². The highest BCUT2D eigenvalue weighted by Gasteiger charge is 2.31. The minimum atomic E-state index is -3.73. The Morgan fingerprint density at radius 3 is 2.42 bits per heavy atom. The normalized spacial score (nSPS) is 16.8. The lowest BCUT2D eigenvalue weighted by atomic mass is 9.99. The van der Waals surface area contributed by atoms with Crippen LogP contribution in [0.1, 0.15) is 29.5 Å². The molecule has 2 aliphatic rings. The molecule has 11 heteroatoms. The molecule has 0 spiro atoms. The van der Waals surface area contributed by atoms with Crippen molar-refractivity contribution in [3.8, 4) is 0 Å². The second-order valence-electron chi connectivity index (χ2n) is 9.82. The van der Waals surface area contributed by atoms with Crippen LogP contribution in [0.4, 0.5) is 20.9 Å². The van der Waals surface area contributed by atoms with Crippen molar-refractivity contribution >= 4 is 43.8 Å². The molecule has 3 heterocycles. The van der Waals surface area contributed by atoms with Gasteiger partial charge in [-0.2, -0.15) is 0 Å². The van der Waals surface area contributed by atoms with E-state index in [4.69, 9.17) is 0 Å². The predicted octanol–water partition coefficient (Wildman–Crippen LogP) is 4.19. The number of carbonyl (C=O) groups excluding carboxylic acids is 1. The molecule has 1 saturated heterocycles. The van der Waals surface area contributed by atoms with Crippen LogP contribution >= 0.6 is 11.3 Å². The summed E-state index contributed by atoms with van der Waals surface area (Å²) in [6, 6.07) is 11.3. The van der Waals surface area contributed by atoms with Crippen LogP contribution in [0.3, 0.4) is 0 Å². The average molecular weight is 558 g/mol. The number of rotatable bonds is 6. The monoisotopic (exact) mass is 557 g/mol. The van der Waals surface area contributed by atoms with Crippen LogP contribution in [0.5, 0.6) is 0 Å². The number of halogens is 1. The Morgan fingerprint density at radius 2 is 1.76 bits per heavy atom. The van der Waals surface area contributed by atoms with E-state index in [0.29, 0.717) is 31.3 Å². The largest absolute Gasteiger partial charge is 0.368 e. The Balaban J connectivity index is 1.19. The number of nitrogens with zero attached hydrogens (tertiary/aromatic N) is 4. The van der Waals surface area contributed by atoms with Crippen LogP contribution in [0.25, 0.3) is 0 Å². The molecule has 1 amide bonds. The van der Waals surface area contributed by atoms with Gasteiger partial charge in [-0.1, -0.05) is 0 Å². The van der Waals surface area contributed by atoms with Gasteiger partial charge in [0.15, 0.2) is 5.13 Å². The predicted molar refractivity (Wildman–Crippen MR) is 149 cm³/mol. The summed E-state index contributed by atoms with van der Waals surface area (Å²) in [7, 11) is -3.73. The second-order valence-corrected chi connectivity index (χ2v) is 12.7. The highest BCUT2D eigenvalue weighted by molar-refractivity contribution is 7.93. The fourth-order valence-electron chi connectivity index (χ4n) is 5.11. The number of aromatic nitrogens is 1. The highest BCUT2D eigenvalue weighted by atomic mass is 32.2. The van der Waals surface area contributed by atoms with Gasteiger partial charge in [-0.05, 0) is 81.6 Å². The summed E-state index contributed by atoms with van der Waals surface area (Å²) in [5.74, 6) is -0.172. The van der Waals surface area contributed by atoms with Gasteiger partial charge in [-0.15, -0.1) is 11.3 Å². The number of amides is 1. The molecule has 3 aromatic rings. The Hall–Kier alpha value is -3.18. The zero-order valence-corrected chi connectivity index (χ0v) is 23.4. The van der Waals surface area contributed by atoms with Gasteiger partial charge >= 0.3 is 0 Å². The summed E-state index contributed by atoms with van der Waals surface area (Å²) in [6.45, 7) is 8.93. The third-order valence-corrected chi connectivity index (χ3v) is 9.85. The quantitative estimate of drug-likeness (QED) is 0.489. The van der Waals surface area contributed by atoms with Crippen molar-refractivity contribution in [2.75, 3.05) is 47.2 Å². The van der Waals surface area contributed by atoms with Crippen molar-refractivity contribution in [3.63, 3.8) is 0 Å². The van der Waals surface area contributed by atoms with Gasteiger partial charge in [0.25, 0.3) is 10.0 Å². The molecule has 1 N–H and O–H groups in total. The van der Waals surface area contributed by atoms with E-state index in [1.165, 1.54) is 17.4 Å². The molecule has 2 aromatic carbocycles. The standard InChI is InChI=1S/C27H32FN5O3S2/c1-18-20(3)37-27(29-18)30-38(35,36)24-9-7-23(8-10-24)31-13-15-32(16-14-31)26(34)19(2)33-12-4-5-21-17-22(28)6-11-25(21)33/h6-11,17,19H,4-5,12-16H2,1-3H3,(H,29,30)/t19-/m0/s1. The number of hydrogen-bond acceptors (Lipinski definition) is 7. The zero-order chi connectivity index (χ0) is 27.0. The van der Waals surface area contributed by atoms with Gasteiger partial charge < -0.3 is 14.7 Å². The first kappa shape index (κ1) is 26.4. The van der Waals surface area contributed by atoms with Crippen LogP contribution < -0.4 is 14.5 Å². The number of piperazine rings is 1. The van der Waals surface area contributed by atoms with Gasteiger partial charge in [0.05, 0.1) is 10.6 Å². The summed E-state index contributed by atoms with van der Waals surface area (Å²) in [5.41, 5.74) is 3.63. The molecular formula is C27H32FN5O3S2. The van der Waals surface area contributed by atoms with Crippen LogP contribution in [0.2, 0.25) is 0 Å². The second kappa shape index (κ2) is 10.5. The molecule has 38 heavy (non-hydrogen) atoms. The third kappa shape index (κ3) is 5.35. The number of aryl methyl sites for hydroxylation is 3. The fraction of sp³-hybridized carbons (Fsp3) is 0.407. The molecule has 0 saturated carbocycles. The Labute approximate surface area is 227 Å². The minimum absolute atomic E-state index is 0.0713. The number of sulfonamides is 1. The van der Waals surface area contributed by atoms with E-state index in [0.717, 1.165) is 46.9 Å². The Bertz CT molecular complexity index is 1410. The molecule has 1 atom stereocenters. The van der Waals surface area contributed by atoms with Crippen LogP contribution in [0.15, 0.2) is 47.4 Å². The van der Waals surface area contributed by atoms with E-state index in [9.17, 15) is 17.6 Å². The Morgan fingerprint density at radius 1 is 1.05 bits per heavy atom. The maximum absolute atomic E-state index is 13.7. The lowest BCUT2D eigenvalue weighted by Crippen LogP contribution is -2.55. The van der Waals surface area contributed by atoms with E-state index < -0.39 is 10.0 Å². The van der Waals surface area contributed by atoms with Gasteiger partial charge in [-0.3, -0.25) is 9.52 Å². The summed E-state index contributed by atoms with van der Waals surface area (Å²) in [4.78, 5) is 24.9. The molecule has 5 rings (SSSR count). The first-order valence-electron chi connectivity index (χ1n) is 12.8. The van der Waals surface area contributed by atoms with Gasteiger partial charge in [0.1, 0.15) is 11.9 Å². The summed E-state index contributed by atoms with van der Waals surface area (Å²) >= 11 is 1.31. The minimum Gasteiger partial charge on any atom is -0.368 e. The van der Waals surface area contributed by atoms with Crippen LogP contribution in [-0.4, -0.2) is 63.0 Å². The first-order chi connectivity index (χ1) is 18.1. The van der Waals surface area contributed by atoms with Crippen molar-refractivity contribution in [2.45, 2.75) is 44.6 Å². The molecule has 202 valence electrons. The van der Waals surface area contributed by atoms with E-state index in [-0.39, 0.29) is 22.7 Å². The van der Waals surface area contributed by atoms with Crippen LogP contribution in [0, 0.1) is 19.7 Å². The maximum Gasteiger partial charge on any atom is 0.263 e. The fourth-order valence-corrected chi connectivity index (χ4v) is 7.16. The number of hydrogen-bond donors (Lipinski definition) is 1. The molecular weight excluding hydrogens is 525 g/mol. The summed E-state index contributed by atoms with van der Waals surface area (Å²) in [5, 5.41) is 0.360. The zero-order valence-electron chi connectivity index (χ0n) is 21.8. The van der Waals surface area contributed by atoms with E-state index in [2.05, 4.69) is 19.5 Å². The third-order valence-electron chi connectivity index (χ3n) is 7.37. The van der Waals surface area contributed by atoms with E-state index >= 15 is 0 Å². The number of carbonyl (C=O) groups is 1. The maximum atomic E-state index is 13.7. The average Bonchev–Trinajstić information content (AvgIpc) is 3.22. The molecule has 0 unspecified atom stereocenters. The molecule has 2 aliphatic heterocycles. The molecule has 1 fully saturated rings. The van der Waals surface area contributed by atoms with Crippen molar-refractivity contribution in [1.82, 2.24) is 9.88 Å². The lowest BCUT2D eigenvalue weighted by Gasteiger charge is -2.41. The SMILES string of the molecule is Cc1nc(NS(=O)(=O)c2ccc(N3CCN(C(=O)[C@H](C)N4CCCc5cc(F)ccc54)CC3)cc2)sc1C. The van der Waals surface area contributed by atoms with E-state index in [1.807, 2.05) is 25.7 Å². The smallest absolute Gasteiger partial charge is 0.263 e. The van der Waals surface area contributed by atoms with Crippen molar-refractivity contribution in [2.24, 2.45) is 0 Å². The summed E-state index contributed by atoms with van der Waals surface area (Å²) in [6.07, 6.45) is 1.72. The van der Waals surface area contributed by atoms with Crippen LogP contribution in [-0.2, 0) is 21.2 Å². The topological polar surface area (TPSA) is 85.9 Å². The summed E-state index contributed by atoms with van der Waals surface area (Å²) < 4.78 is 41.8. The number of fused-ring (bicyclic) bond motifs is 1. The molecule has 1 aromatic heterocycles. The van der Waals surface area contributed by atoms with Crippen molar-refractivity contribution < 1.29 is 17.6 Å². The lowest BCUT2D eigenvalue weighted by molar-refractivity contribution is -0.132. The highest BCUT2D eigenvalue weighted by Crippen LogP contribution is 2.30. The van der Waals surface area contributed by atoms with Gasteiger partial charge in [-0.25, -0.2) is 17.8 Å².